The predicted molar refractivity (Wildman–Crippen MR) is 170 cm³/mol. The number of esters is 1. The van der Waals surface area contributed by atoms with Gasteiger partial charge in [0, 0.05) is 58.0 Å². The van der Waals surface area contributed by atoms with Gasteiger partial charge in [0.2, 0.25) is 10.0 Å². The maximum absolute atomic E-state index is 13.7. The number of carbonyl (C=O) groups is 2. The topological polar surface area (TPSA) is 117 Å². The number of likely N-dealkylation sites (N-methyl/N-ethyl adjacent to an activating group) is 1. The molecule has 1 aromatic rings. The van der Waals surface area contributed by atoms with Crippen LogP contribution >= 0.6 is 0 Å². The highest BCUT2D eigenvalue weighted by atomic mass is 32.2. The van der Waals surface area contributed by atoms with Crippen molar-refractivity contribution >= 4 is 28.2 Å². The van der Waals surface area contributed by atoms with Gasteiger partial charge >= 0.3 is 12.1 Å². The molecule has 3 aliphatic rings. The second kappa shape index (κ2) is 15.4. The lowest BCUT2D eigenvalue weighted by Gasteiger charge is -2.33. The molecule has 1 amide bonds. The lowest BCUT2D eigenvalue weighted by Crippen LogP contribution is -2.48. The Morgan fingerprint density at radius 2 is 1.74 bits per heavy atom. The Morgan fingerprint density at radius 1 is 1.07 bits per heavy atom. The first-order valence-corrected chi connectivity index (χ1v) is 17.4. The number of hydrogen-bond acceptors (Lipinski definition) is 8. The number of cyclic esters (lactones) is 1. The van der Waals surface area contributed by atoms with E-state index in [1.807, 2.05) is 33.0 Å². The molecule has 3 aliphatic heterocycles. The largest absolute Gasteiger partial charge is 0.457 e. The van der Waals surface area contributed by atoms with Gasteiger partial charge in [0.1, 0.15) is 12.2 Å². The number of benzene rings is 1. The van der Waals surface area contributed by atoms with Crippen LogP contribution in [0.4, 0.5) is 13.6 Å². The summed E-state index contributed by atoms with van der Waals surface area (Å²) in [5.74, 6) is -3.91. The molecule has 46 heavy (non-hydrogen) atoms. The van der Waals surface area contributed by atoms with Crippen molar-refractivity contribution in [2.45, 2.75) is 82.0 Å². The SMILES string of the molecule is C/C(=C\c1cccc(S(=O)(=O)N2CCC(F)(F)CC2)c1)[C@H]1OC(=O)C[C@H](O)CC[C@H](C)[C@@H](OC(=O)N2CCN(C)CC2)/C=C\[C@@H]1C. The van der Waals surface area contributed by atoms with E-state index in [1.165, 1.54) is 12.1 Å². The third-order valence-electron chi connectivity index (χ3n) is 9.05. The number of carbonyl (C=O) groups excluding carboxylic acids is 2. The van der Waals surface area contributed by atoms with Crippen LogP contribution in [0.2, 0.25) is 0 Å². The third-order valence-corrected chi connectivity index (χ3v) is 10.9. The summed E-state index contributed by atoms with van der Waals surface area (Å²) in [4.78, 5) is 29.7. The Labute approximate surface area is 271 Å². The first kappa shape index (κ1) is 36.0. The summed E-state index contributed by atoms with van der Waals surface area (Å²) < 4.78 is 66.7. The number of ether oxygens (including phenoxy) is 2. The Bertz CT molecular complexity index is 1390. The second-order valence-electron chi connectivity index (χ2n) is 12.9. The molecule has 2 saturated heterocycles. The van der Waals surface area contributed by atoms with Gasteiger partial charge in [0.15, 0.2) is 0 Å². The molecule has 5 atom stereocenters. The lowest BCUT2D eigenvalue weighted by atomic mass is 9.91. The number of aliphatic hydroxyl groups is 1. The van der Waals surface area contributed by atoms with E-state index in [9.17, 15) is 31.9 Å². The van der Waals surface area contributed by atoms with Crippen molar-refractivity contribution < 1.29 is 41.4 Å². The van der Waals surface area contributed by atoms with Crippen LogP contribution in [0.5, 0.6) is 0 Å². The summed E-state index contributed by atoms with van der Waals surface area (Å²) in [7, 11) is -1.97. The first-order chi connectivity index (χ1) is 21.6. The van der Waals surface area contributed by atoms with Crippen molar-refractivity contribution in [2.75, 3.05) is 46.3 Å². The molecule has 0 saturated carbocycles. The molecule has 0 aromatic heterocycles. The van der Waals surface area contributed by atoms with Crippen LogP contribution in [0.25, 0.3) is 6.08 Å². The molecule has 1 N–H and O–H groups in total. The van der Waals surface area contributed by atoms with E-state index < -0.39 is 53.1 Å². The summed E-state index contributed by atoms with van der Waals surface area (Å²) in [5.41, 5.74) is 1.16. The Morgan fingerprint density at radius 3 is 2.41 bits per heavy atom. The van der Waals surface area contributed by atoms with E-state index in [4.69, 9.17) is 9.47 Å². The summed E-state index contributed by atoms with van der Waals surface area (Å²) >= 11 is 0. The molecule has 0 bridgehead atoms. The van der Waals surface area contributed by atoms with Crippen LogP contribution in [0, 0.1) is 11.8 Å². The number of nitrogens with zero attached hydrogens (tertiary/aromatic N) is 3. The zero-order chi connectivity index (χ0) is 33.6. The van der Waals surface area contributed by atoms with Crippen molar-refractivity contribution in [2.24, 2.45) is 11.8 Å². The van der Waals surface area contributed by atoms with E-state index in [1.54, 1.807) is 30.0 Å². The predicted octanol–water partition coefficient (Wildman–Crippen LogP) is 4.55. The van der Waals surface area contributed by atoms with Crippen molar-refractivity contribution in [1.29, 1.82) is 0 Å². The monoisotopic (exact) mass is 667 g/mol. The van der Waals surface area contributed by atoms with Gasteiger partial charge in [0.25, 0.3) is 5.92 Å². The highest BCUT2D eigenvalue weighted by Gasteiger charge is 2.38. The summed E-state index contributed by atoms with van der Waals surface area (Å²) in [6, 6.07) is 6.20. The lowest BCUT2D eigenvalue weighted by molar-refractivity contribution is -0.151. The van der Waals surface area contributed by atoms with Gasteiger partial charge in [-0.2, -0.15) is 4.31 Å². The van der Waals surface area contributed by atoms with Gasteiger partial charge < -0.3 is 24.4 Å². The number of aliphatic hydroxyl groups excluding tert-OH is 1. The number of halogens is 2. The summed E-state index contributed by atoms with van der Waals surface area (Å²) in [5, 5.41) is 10.6. The number of sulfonamides is 1. The minimum absolute atomic E-state index is 0.00925. The highest BCUT2D eigenvalue weighted by molar-refractivity contribution is 7.89. The Kier molecular flexibility index (Phi) is 12.0. The fraction of sp³-hybridized carbons (Fsp3) is 0.636. The van der Waals surface area contributed by atoms with Crippen LogP contribution in [0.15, 0.2) is 46.9 Å². The number of rotatable bonds is 5. The van der Waals surface area contributed by atoms with Crippen LogP contribution < -0.4 is 0 Å². The van der Waals surface area contributed by atoms with Gasteiger partial charge in [-0.15, -0.1) is 0 Å². The normalized spacial score (nSPS) is 30.1. The van der Waals surface area contributed by atoms with Gasteiger partial charge in [-0.25, -0.2) is 22.0 Å². The zero-order valence-electron chi connectivity index (χ0n) is 27.1. The van der Waals surface area contributed by atoms with E-state index >= 15 is 0 Å². The Balaban J connectivity index is 1.55. The molecule has 1 aromatic carbocycles. The van der Waals surface area contributed by atoms with Crippen LogP contribution in [-0.4, -0.2) is 110 Å². The van der Waals surface area contributed by atoms with Gasteiger partial charge in [-0.05, 0) is 62.1 Å². The smallest absolute Gasteiger partial charge is 0.410 e. The molecule has 0 radical (unpaired) electrons. The molecule has 13 heteroatoms. The average Bonchev–Trinajstić information content (AvgIpc) is 3.00. The number of piperidine rings is 1. The molecule has 0 unspecified atom stereocenters. The van der Waals surface area contributed by atoms with E-state index in [0.717, 1.165) is 17.4 Å². The van der Waals surface area contributed by atoms with Crippen LogP contribution in [-0.2, 0) is 24.3 Å². The molecule has 4 rings (SSSR count). The molecule has 10 nitrogen and oxygen atoms in total. The molecule has 256 valence electrons. The van der Waals surface area contributed by atoms with Gasteiger partial charge in [-0.3, -0.25) is 4.79 Å². The fourth-order valence-corrected chi connectivity index (χ4v) is 7.44. The van der Waals surface area contributed by atoms with E-state index in [2.05, 4.69) is 4.90 Å². The standard InChI is InChI=1S/C33H47F2N3O7S/c1-23-8-10-27(39)22-30(40)45-31(24(2)9-11-29(23)44-32(41)37-18-16-36(4)17-19-37)25(3)20-26-6-5-7-28(21-26)46(42,43)38-14-12-33(34,35)13-15-38/h5-7,9,11,20-21,23-24,27,29,31,39H,8,10,12-19,22H2,1-4H3/b11-9-,25-20+/t23-,24-,27+,29-,31-/m0/s1. The molecule has 3 heterocycles. The maximum Gasteiger partial charge on any atom is 0.410 e. The van der Waals surface area contributed by atoms with Crippen molar-refractivity contribution in [1.82, 2.24) is 14.1 Å². The molecular weight excluding hydrogens is 620 g/mol. The van der Waals surface area contributed by atoms with Crippen molar-refractivity contribution in [3.05, 3.63) is 47.6 Å². The molecule has 2 fully saturated rings. The summed E-state index contributed by atoms with van der Waals surface area (Å²) in [6.45, 7) is 7.75. The number of piperazine rings is 1. The molecule has 0 spiro atoms. The van der Waals surface area contributed by atoms with E-state index in [-0.39, 0.29) is 42.3 Å². The molecule has 0 aliphatic carbocycles. The number of amides is 1. The average molecular weight is 668 g/mol. The first-order valence-electron chi connectivity index (χ1n) is 16.0. The minimum atomic E-state index is -3.98. The number of hydrogen-bond donors (Lipinski definition) is 1. The van der Waals surface area contributed by atoms with E-state index in [0.29, 0.717) is 37.1 Å². The minimum Gasteiger partial charge on any atom is -0.457 e. The zero-order valence-corrected chi connectivity index (χ0v) is 27.9. The third kappa shape index (κ3) is 9.58. The highest BCUT2D eigenvalue weighted by Crippen LogP contribution is 2.31. The fourth-order valence-electron chi connectivity index (χ4n) is 5.94. The van der Waals surface area contributed by atoms with Crippen molar-refractivity contribution in [3.63, 3.8) is 0 Å². The van der Waals surface area contributed by atoms with Gasteiger partial charge in [0.05, 0.1) is 17.4 Å². The Hall–Kier alpha value is -2.87. The van der Waals surface area contributed by atoms with Crippen molar-refractivity contribution in [3.8, 4) is 0 Å². The number of alkyl halides is 2. The maximum atomic E-state index is 13.7. The molecular formula is C33H47F2N3O7S. The second-order valence-corrected chi connectivity index (χ2v) is 14.9. The quantitative estimate of drug-likeness (QED) is 0.360. The van der Waals surface area contributed by atoms with Gasteiger partial charge in [-0.1, -0.05) is 38.1 Å². The van der Waals surface area contributed by atoms with Crippen LogP contribution in [0.3, 0.4) is 0 Å². The van der Waals surface area contributed by atoms with Crippen LogP contribution in [0.1, 0.15) is 58.4 Å². The summed E-state index contributed by atoms with van der Waals surface area (Å²) in [6.07, 6.45) is 2.41.